The molecule has 1 unspecified atom stereocenters. The minimum Gasteiger partial charge on any atom is -0.324 e. The summed E-state index contributed by atoms with van der Waals surface area (Å²) in [7, 11) is 0. The number of thiophene rings is 1. The third-order valence-electron chi connectivity index (χ3n) is 3.90. The predicted molar refractivity (Wildman–Crippen MR) is 92.9 cm³/mol. The molecule has 5 heteroatoms. The van der Waals surface area contributed by atoms with Crippen molar-refractivity contribution >= 4 is 29.0 Å². The van der Waals surface area contributed by atoms with Crippen LogP contribution in [0.15, 0.2) is 12.1 Å². The number of amides is 1. The van der Waals surface area contributed by atoms with Crippen LogP contribution in [-0.4, -0.2) is 46.6 Å². The first-order valence-electron chi connectivity index (χ1n) is 7.63. The van der Waals surface area contributed by atoms with E-state index < -0.39 is 0 Å². The molecule has 1 aliphatic heterocycles. The monoisotopic (exact) mass is 326 g/mol. The molecule has 0 aliphatic carbocycles. The Labute approximate surface area is 136 Å². The lowest BCUT2D eigenvalue weighted by Gasteiger charge is -2.33. The standard InChI is InChI=1S/C16H26N2OS2/c1-11(2)17(12(3)4)8-9-18-15(19)10-20-16(18)14-7-6-13(5)21-14/h6-7,11-12,16H,8-10H2,1-5H3. The Hall–Kier alpha value is -0.520. The van der Waals surface area contributed by atoms with Crippen LogP contribution in [-0.2, 0) is 4.79 Å². The Kier molecular flexibility index (Phi) is 5.74. The number of carbonyl (C=O) groups is 1. The zero-order chi connectivity index (χ0) is 15.6. The molecule has 118 valence electrons. The van der Waals surface area contributed by atoms with Gasteiger partial charge in [-0.1, -0.05) is 0 Å². The molecule has 0 bridgehead atoms. The van der Waals surface area contributed by atoms with E-state index in [2.05, 4.69) is 56.6 Å². The third-order valence-corrected chi connectivity index (χ3v) is 6.34. The highest BCUT2D eigenvalue weighted by Gasteiger charge is 2.33. The summed E-state index contributed by atoms with van der Waals surface area (Å²) in [4.78, 5) is 19.3. The Morgan fingerprint density at radius 2 is 1.95 bits per heavy atom. The van der Waals surface area contributed by atoms with E-state index >= 15 is 0 Å². The lowest BCUT2D eigenvalue weighted by Crippen LogP contribution is -2.43. The van der Waals surface area contributed by atoms with Crippen LogP contribution in [0, 0.1) is 6.92 Å². The summed E-state index contributed by atoms with van der Waals surface area (Å²) in [6.07, 6.45) is 0. The number of hydrogen-bond acceptors (Lipinski definition) is 4. The van der Waals surface area contributed by atoms with Crippen molar-refractivity contribution in [3.05, 3.63) is 21.9 Å². The highest BCUT2D eigenvalue weighted by atomic mass is 32.2. The second-order valence-corrected chi connectivity index (χ2v) is 8.51. The molecule has 1 aromatic rings. The van der Waals surface area contributed by atoms with Crippen molar-refractivity contribution in [3.8, 4) is 0 Å². The van der Waals surface area contributed by atoms with Gasteiger partial charge >= 0.3 is 0 Å². The zero-order valence-corrected chi connectivity index (χ0v) is 15.3. The fourth-order valence-electron chi connectivity index (χ4n) is 2.85. The molecule has 1 aliphatic rings. The molecule has 1 fully saturated rings. The number of thioether (sulfide) groups is 1. The Balaban J connectivity index is 2.04. The molecule has 2 rings (SSSR count). The quantitative estimate of drug-likeness (QED) is 0.795. The van der Waals surface area contributed by atoms with E-state index in [-0.39, 0.29) is 11.3 Å². The summed E-state index contributed by atoms with van der Waals surface area (Å²) in [5.41, 5.74) is 0. The molecular formula is C16H26N2OS2. The molecule has 1 amide bonds. The van der Waals surface area contributed by atoms with E-state index in [4.69, 9.17) is 0 Å². The molecule has 0 N–H and O–H groups in total. The number of nitrogens with zero attached hydrogens (tertiary/aromatic N) is 2. The molecule has 0 radical (unpaired) electrons. The van der Waals surface area contributed by atoms with E-state index in [1.54, 1.807) is 11.8 Å². The van der Waals surface area contributed by atoms with E-state index in [1.807, 2.05) is 11.3 Å². The van der Waals surface area contributed by atoms with Crippen molar-refractivity contribution in [2.75, 3.05) is 18.8 Å². The summed E-state index contributed by atoms with van der Waals surface area (Å²) >= 11 is 3.57. The van der Waals surface area contributed by atoms with Crippen molar-refractivity contribution in [1.29, 1.82) is 0 Å². The molecule has 1 aromatic heterocycles. The van der Waals surface area contributed by atoms with E-state index in [0.717, 1.165) is 13.1 Å². The molecular weight excluding hydrogens is 300 g/mol. The Morgan fingerprint density at radius 3 is 2.48 bits per heavy atom. The fourth-order valence-corrected chi connectivity index (χ4v) is 5.19. The van der Waals surface area contributed by atoms with Crippen LogP contribution in [0.2, 0.25) is 0 Å². The van der Waals surface area contributed by atoms with Crippen LogP contribution in [0.3, 0.4) is 0 Å². The summed E-state index contributed by atoms with van der Waals surface area (Å²) in [5.74, 6) is 0.897. The number of carbonyl (C=O) groups excluding carboxylic acids is 1. The van der Waals surface area contributed by atoms with Gasteiger partial charge < -0.3 is 4.90 Å². The summed E-state index contributed by atoms with van der Waals surface area (Å²) < 4.78 is 0. The number of aryl methyl sites for hydroxylation is 1. The van der Waals surface area contributed by atoms with Gasteiger partial charge in [-0.2, -0.15) is 0 Å². The lowest BCUT2D eigenvalue weighted by atomic mass is 10.2. The first kappa shape index (κ1) is 16.8. The van der Waals surface area contributed by atoms with E-state index in [9.17, 15) is 4.79 Å². The van der Waals surface area contributed by atoms with Gasteiger partial charge in [0.05, 0.1) is 5.75 Å². The van der Waals surface area contributed by atoms with Crippen LogP contribution in [0.25, 0.3) is 0 Å². The van der Waals surface area contributed by atoms with Gasteiger partial charge in [-0.05, 0) is 46.8 Å². The van der Waals surface area contributed by atoms with Crippen molar-refractivity contribution in [2.24, 2.45) is 0 Å². The first-order valence-corrected chi connectivity index (χ1v) is 9.49. The molecule has 3 nitrogen and oxygen atoms in total. The predicted octanol–water partition coefficient (Wildman–Crippen LogP) is 3.75. The maximum Gasteiger partial charge on any atom is 0.233 e. The molecule has 2 heterocycles. The third kappa shape index (κ3) is 4.02. The van der Waals surface area contributed by atoms with Crippen molar-refractivity contribution in [1.82, 2.24) is 9.80 Å². The SMILES string of the molecule is Cc1ccc(C2SCC(=O)N2CCN(C(C)C)C(C)C)s1. The van der Waals surface area contributed by atoms with Gasteiger partial charge in [0, 0.05) is 34.9 Å². The van der Waals surface area contributed by atoms with Crippen LogP contribution in [0.5, 0.6) is 0 Å². The lowest BCUT2D eigenvalue weighted by molar-refractivity contribution is -0.128. The Morgan fingerprint density at radius 1 is 1.29 bits per heavy atom. The minimum absolute atomic E-state index is 0.220. The van der Waals surface area contributed by atoms with Crippen molar-refractivity contribution in [3.63, 3.8) is 0 Å². The Bertz CT molecular complexity index is 476. The maximum atomic E-state index is 12.2. The summed E-state index contributed by atoms with van der Waals surface area (Å²) in [6, 6.07) is 5.35. The maximum absolute atomic E-state index is 12.2. The highest BCUT2D eigenvalue weighted by molar-refractivity contribution is 8.00. The second kappa shape index (κ2) is 7.16. The summed E-state index contributed by atoms with van der Waals surface area (Å²) in [5, 5.41) is 0.220. The minimum atomic E-state index is 0.220. The summed E-state index contributed by atoms with van der Waals surface area (Å²) in [6.45, 7) is 12.8. The molecule has 0 spiro atoms. The molecule has 0 aromatic carbocycles. The van der Waals surface area contributed by atoms with Gasteiger partial charge in [-0.3, -0.25) is 9.69 Å². The van der Waals surface area contributed by atoms with Gasteiger partial charge in [0.25, 0.3) is 0 Å². The van der Waals surface area contributed by atoms with Crippen molar-refractivity contribution in [2.45, 2.75) is 52.1 Å². The van der Waals surface area contributed by atoms with Gasteiger partial charge in [0.15, 0.2) is 0 Å². The molecule has 0 saturated carbocycles. The van der Waals surface area contributed by atoms with Crippen LogP contribution in [0.4, 0.5) is 0 Å². The number of hydrogen-bond donors (Lipinski definition) is 0. The van der Waals surface area contributed by atoms with E-state index in [1.165, 1.54) is 9.75 Å². The second-order valence-electron chi connectivity index (χ2n) is 6.12. The van der Waals surface area contributed by atoms with Crippen molar-refractivity contribution < 1.29 is 4.79 Å². The normalized spacial score (nSPS) is 19.5. The molecule has 21 heavy (non-hydrogen) atoms. The highest BCUT2D eigenvalue weighted by Crippen LogP contribution is 2.41. The smallest absolute Gasteiger partial charge is 0.233 e. The zero-order valence-electron chi connectivity index (χ0n) is 13.6. The average molecular weight is 327 g/mol. The largest absolute Gasteiger partial charge is 0.324 e. The fraction of sp³-hybridized carbons (Fsp3) is 0.688. The average Bonchev–Trinajstić information content (AvgIpc) is 2.96. The van der Waals surface area contributed by atoms with Gasteiger partial charge in [0.2, 0.25) is 5.91 Å². The molecule has 1 atom stereocenters. The molecule has 1 saturated heterocycles. The first-order chi connectivity index (χ1) is 9.90. The van der Waals surface area contributed by atoms with Crippen LogP contribution in [0.1, 0.15) is 42.8 Å². The number of rotatable bonds is 6. The van der Waals surface area contributed by atoms with Gasteiger partial charge in [0.1, 0.15) is 5.37 Å². The van der Waals surface area contributed by atoms with E-state index in [0.29, 0.717) is 17.8 Å². The topological polar surface area (TPSA) is 23.6 Å². The van der Waals surface area contributed by atoms with Crippen LogP contribution < -0.4 is 0 Å². The van der Waals surface area contributed by atoms with Crippen LogP contribution >= 0.6 is 23.1 Å². The van der Waals surface area contributed by atoms with Gasteiger partial charge in [-0.25, -0.2) is 0 Å². The van der Waals surface area contributed by atoms with Gasteiger partial charge in [-0.15, -0.1) is 23.1 Å².